The number of amides is 2. The molecule has 0 aromatic heterocycles. The molecule has 0 aliphatic carbocycles. The Labute approximate surface area is 200 Å². The van der Waals surface area contributed by atoms with Crippen molar-refractivity contribution in [2.45, 2.75) is 45.8 Å². The molecule has 2 aromatic rings. The maximum absolute atomic E-state index is 13.8. The van der Waals surface area contributed by atoms with E-state index in [1.54, 1.807) is 31.2 Å². The summed E-state index contributed by atoms with van der Waals surface area (Å²) in [5.74, 6) is -0.991. The van der Waals surface area contributed by atoms with Gasteiger partial charge in [-0.25, -0.2) is 12.8 Å². The highest BCUT2D eigenvalue weighted by Crippen LogP contribution is 2.21. The molecule has 186 valence electrons. The van der Waals surface area contributed by atoms with Gasteiger partial charge in [0.05, 0.1) is 19.1 Å². The Kier molecular flexibility index (Phi) is 8.66. The average molecular weight is 494 g/mol. The Morgan fingerprint density at radius 3 is 2.24 bits per heavy atom. The molecule has 0 saturated carbocycles. The van der Waals surface area contributed by atoms with Crippen LogP contribution in [0.4, 0.5) is 10.1 Å². The van der Waals surface area contributed by atoms with Gasteiger partial charge in [-0.05, 0) is 63.6 Å². The number of carbonyl (C=O) groups excluding carboxylic acids is 2. The van der Waals surface area contributed by atoms with E-state index in [1.807, 2.05) is 20.8 Å². The summed E-state index contributed by atoms with van der Waals surface area (Å²) >= 11 is 0. The Hall–Kier alpha value is -3.14. The topological polar surface area (TPSA) is 96.0 Å². The molecule has 0 aliphatic heterocycles. The second-order valence-electron chi connectivity index (χ2n) is 9.03. The summed E-state index contributed by atoms with van der Waals surface area (Å²) in [6.07, 6.45) is 0.939. The predicted molar refractivity (Wildman–Crippen MR) is 129 cm³/mol. The van der Waals surface area contributed by atoms with Gasteiger partial charge in [0.2, 0.25) is 21.8 Å². The molecule has 0 radical (unpaired) electrons. The molecule has 0 saturated heterocycles. The Bertz CT molecular complexity index is 1110. The molecule has 1 atom stereocenters. The zero-order valence-corrected chi connectivity index (χ0v) is 21.1. The highest BCUT2D eigenvalue weighted by molar-refractivity contribution is 7.92. The largest absolute Gasteiger partial charge is 0.497 e. The molecule has 2 amide bonds. The normalized spacial score (nSPS) is 12.6. The third-order valence-electron chi connectivity index (χ3n) is 4.95. The fraction of sp³-hybridized carbons (Fsp3) is 0.417. The number of hydrogen-bond acceptors (Lipinski definition) is 5. The minimum absolute atomic E-state index is 0.0204. The number of rotatable bonds is 9. The molecule has 0 heterocycles. The van der Waals surface area contributed by atoms with E-state index in [-0.39, 0.29) is 18.1 Å². The smallest absolute Gasteiger partial charge is 0.244 e. The maximum Gasteiger partial charge on any atom is 0.244 e. The summed E-state index contributed by atoms with van der Waals surface area (Å²) in [5.41, 5.74) is 0.217. The minimum Gasteiger partial charge on any atom is -0.497 e. The van der Waals surface area contributed by atoms with Crippen LogP contribution in [0.1, 0.15) is 33.3 Å². The van der Waals surface area contributed by atoms with E-state index in [0.29, 0.717) is 5.75 Å². The van der Waals surface area contributed by atoms with Crippen LogP contribution in [0, 0.1) is 5.82 Å². The number of ether oxygens (including phenoxy) is 1. The standard InChI is InChI=1S/C24H32FN3O5S/c1-17(23(30)26-24(2,3)4)27(15-18-10-12-21(33-5)13-11-18)22(29)16-28(34(6,31)32)20-9-7-8-19(25)14-20/h7-14,17H,15-16H2,1-6H3,(H,26,30). The minimum atomic E-state index is -3.92. The summed E-state index contributed by atoms with van der Waals surface area (Å²) in [7, 11) is -2.38. The van der Waals surface area contributed by atoms with Crippen LogP contribution < -0.4 is 14.4 Å². The van der Waals surface area contributed by atoms with E-state index >= 15 is 0 Å². The second-order valence-corrected chi connectivity index (χ2v) is 10.9. The van der Waals surface area contributed by atoms with Gasteiger partial charge in [-0.1, -0.05) is 18.2 Å². The summed E-state index contributed by atoms with van der Waals surface area (Å²) in [4.78, 5) is 27.6. The summed E-state index contributed by atoms with van der Waals surface area (Å²) in [6, 6.07) is 11.1. The quantitative estimate of drug-likeness (QED) is 0.580. The van der Waals surface area contributed by atoms with E-state index in [1.165, 1.54) is 30.2 Å². The zero-order valence-electron chi connectivity index (χ0n) is 20.3. The fourth-order valence-corrected chi connectivity index (χ4v) is 4.07. The van der Waals surface area contributed by atoms with Gasteiger partial charge >= 0.3 is 0 Å². The van der Waals surface area contributed by atoms with Gasteiger partial charge in [0.15, 0.2) is 0 Å². The Balaban J connectivity index is 2.40. The predicted octanol–water partition coefficient (Wildman–Crippen LogP) is 2.93. The first-order valence-corrected chi connectivity index (χ1v) is 12.5. The highest BCUT2D eigenvalue weighted by atomic mass is 32.2. The van der Waals surface area contributed by atoms with E-state index in [4.69, 9.17) is 4.74 Å². The van der Waals surface area contributed by atoms with Crippen molar-refractivity contribution in [1.29, 1.82) is 0 Å². The number of sulfonamides is 1. The average Bonchev–Trinajstić information content (AvgIpc) is 2.73. The van der Waals surface area contributed by atoms with Crippen molar-refractivity contribution in [3.8, 4) is 5.75 Å². The maximum atomic E-state index is 13.8. The number of anilines is 1. The first-order valence-electron chi connectivity index (χ1n) is 10.7. The highest BCUT2D eigenvalue weighted by Gasteiger charge is 2.31. The van der Waals surface area contributed by atoms with Crippen molar-refractivity contribution in [3.05, 3.63) is 59.9 Å². The van der Waals surface area contributed by atoms with Crippen molar-refractivity contribution < 1.29 is 27.1 Å². The van der Waals surface area contributed by atoms with Crippen LogP contribution in [0.2, 0.25) is 0 Å². The lowest BCUT2D eigenvalue weighted by atomic mass is 10.1. The molecular weight excluding hydrogens is 461 g/mol. The molecule has 0 fully saturated rings. The van der Waals surface area contributed by atoms with Crippen LogP contribution in [0.3, 0.4) is 0 Å². The van der Waals surface area contributed by atoms with Crippen molar-refractivity contribution in [1.82, 2.24) is 10.2 Å². The number of hydrogen-bond donors (Lipinski definition) is 1. The van der Waals surface area contributed by atoms with Crippen LogP contribution in [0.5, 0.6) is 5.75 Å². The molecule has 1 unspecified atom stereocenters. The van der Waals surface area contributed by atoms with E-state index in [0.717, 1.165) is 22.2 Å². The monoisotopic (exact) mass is 493 g/mol. The van der Waals surface area contributed by atoms with Crippen LogP contribution in [0.25, 0.3) is 0 Å². The molecule has 8 nitrogen and oxygen atoms in total. The number of methoxy groups -OCH3 is 1. The lowest BCUT2D eigenvalue weighted by Crippen LogP contribution is -2.54. The van der Waals surface area contributed by atoms with Gasteiger partial charge < -0.3 is 15.0 Å². The molecule has 0 aliphatic rings. The molecule has 1 N–H and O–H groups in total. The zero-order chi connectivity index (χ0) is 25.7. The second kappa shape index (κ2) is 10.9. The van der Waals surface area contributed by atoms with E-state index in [9.17, 15) is 22.4 Å². The third-order valence-corrected chi connectivity index (χ3v) is 6.09. The molecular formula is C24H32FN3O5S. The van der Waals surface area contributed by atoms with Crippen LogP contribution in [-0.2, 0) is 26.2 Å². The molecule has 0 spiro atoms. The van der Waals surface area contributed by atoms with Crippen LogP contribution in [0.15, 0.2) is 48.5 Å². The SMILES string of the molecule is COc1ccc(CN(C(=O)CN(c2cccc(F)c2)S(C)(=O)=O)C(C)C(=O)NC(C)(C)C)cc1. The van der Waals surface area contributed by atoms with Crippen molar-refractivity contribution in [2.24, 2.45) is 0 Å². The van der Waals surface area contributed by atoms with Gasteiger partial charge in [-0.3, -0.25) is 13.9 Å². The number of nitrogens with one attached hydrogen (secondary N) is 1. The van der Waals surface area contributed by atoms with Crippen molar-refractivity contribution in [3.63, 3.8) is 0 Å². The molecule has 2 rings (SSSR count). The lowest BCUT2D eigenvalue weighted by Gasteiger charge is -2.33. The van der Waals surface area contributed by atoms with Gasteiger partial charge in [0, 0.05) is 12.1 Å². The van der Waals surface area contributed by atoms with Crippen LogP contribution in [-0.4, -0.2) is 56.6 Å². The van der Waals surface area contributed by atoms with Gasteiger partial charge in [-0.2, -0.15) is 0 Å². The number of carbonyl (C=O) groups is 2. The number of halogens is 1. The van der Waals surface area contributed by atoms with Gasteiger partial charge in [0.1, 0.15) is 24.2 Å². The lowest BCUT2D eigenvalue weighted by molar-refractivity contribution is -0.140. The van der Waals surface area contributed by atoms with Crippen molar-refractivity contribution in [2.75, 3.05) is 24.2 Å². The molecule has 2 aromatic carbocycles. The van der Waals surface area contributed by atoms with Gasteiger partial charge in [0.25, 0.3) is 0 Å². The molecule has 34 heavy (non-hydrogen) atoms. The van der Waals surface area contributed by atoms with Crippen LogP contribution >= 0.6 is 0 Å². The molecule has 0 bridgehead atoms. The fourth-order valence-electron chi connectivity index (χ4n) is 3.23. The number of benzene rings is 2. The number of nitrogens with zero attached hydrogens (tertiary/aromatic N) is 2. The first-order chi connectivity index (χ1) is 15.7. The summed E-state index contributed by atoms with van der Waals surface area (Å²) in [6.45, 7) is 6.51. The Morgan fingerprint density at radius 1 is 1.12 bits per heavy atom. The van der Waals surface area contributed by atoms with Crippen molar-refractivity contribution >= 4 is 27.5 Å². The van der Waals surface area contributed by atoms with E-state index < -0.39 is 39.9 Å². The molecule has 10 heteroatoms. The Morgan fingerprint density at radius 2 is 1.74 bits per heavy atom. The van der Waals surface area contributed by atoms with E-state index in [2.05, 4.69) is 5.32 Å². The third kappa shape index (κ3) is 7.72. The first kappa shape index (κ1) is 27.1. The summed E-state index contributed by atoms with van der Waals surface area (Å²) < 4.78 is 44.7. The summed E-state index contributed by atoms with van der Waals surface area (Å²) in [5, 5.41) is 2.85. The van der Waals surface area contributed by atoms with Gasteiger partial charge in [-0.15, -0.1) is 0 Å².